The second-order valence-corrected chi connectivity index (χ2v) is 5.06. The van der Waals surface area contributed by atoms with Crippen LogP contribution in [0.2, 0.25) is 0 Å². The first-order valence-corrected chi connectivity index (χ1v) is 6.60. The molecule has 0 aliphatic carbocycles. The average molecular weight is 251 g/mol. The molecule has 0 saturated heterocycles. The number of hydrogen-bond acceptors (Lipinski definition) is 2. The standard InChI is InChI=1S/C16H17N3/c1-12(2)16-17-9-10-19(16)11-14-8-7-13-5-3-4-6-15(13)18-14/h3-10,12H,11H2,1-2H3. The van der Waals surface area contributed by atoms with Crippen molar-refractivity contribution in [1.82, 2.24) is 14.5 Å². The van der Waals surface area contributed by atoms with E-state index in [0.29, 0.717) is 5.92 Å². The van der Waals surface area contributed by atoms with Crippen LogP contribution in [0.5, 0.6) is 0 Å². The Morgan fingerprint density at radius 2 is 1.95 bits per heavy atom. The number of pyridine rings is 1. The molecule has 0 aliphatic rings. The Morgan fingerprint density at radius 1 is 1.11 bits per heavy atom. The molecule has 1 aromatic carbocycles. The summed E-state index contributed by atoms with van der Waals surface area (Å²) in [5, 5.41) is 1.18. The fourth-order valence-corrected chi connectivity index (χ4v) is 2.33. The van der Waals surface area contributed by atoms with Crippen molar-refractivity contribution in [2.45, 2.75) is 26.3 Å². The van der Waals surface area contributed by atoms with E-state index in [-0.39, 0.29) is 0 Å². The summed E-state index contributed by atoms with van der Waals surface area (Å²) in [4.78, 5) is 9.11. The molecule has 0 fully saturated rings. The van der Waals surface area contributed by atoms with Crippen molar-refractivity contribution in [2.75, 3.05) is 0 Å². The van der Waals surface area contributed by atoms with Gasteiger partial charge in [0.25, 0.3) is 0 Å². The number of rotatable bonds is 3. The van der Waals surface area contributed by atoms with Crippen LogP contribution in [0.25, 0.3) is 10.9 Å². The van der Waals surface area contributed by atoms with E-state index in [1.54, 1.807) is 0 Å². The van der Waals surface area contributed by atoms with Crippen LogP contribution in [-0.2, 0) is 6.54 Å². The molecular weight excluding hydrogens is 234 g/mol. The molecule has 2 aromatic heterocycles. The van der Waals surface area contributed by atoms with E-state index in [4.69, 9.17) is 4.98 Å². The summed E-state index contributed by atoms with van der Waals surface area (Å²) in [6.45, 7) is 5.09. The van der Waals surface area contributed by atoms with Gasteiger partial charge in [-0.2, -0.15) is 0 Å². The summed E-state index contributed by atoms with van der Waals surface area (Å²) in [6.07, 6.45) is 3.88. The van der Waals surface area contributed by atoms with E-state index in [9.17, 15) is 0 Å². The average Bonchev–Trinajstić information content (AvgIpc) is 2.87. The molecule has 0 radical (unpaired) electrons. The van der Waals surface area contributed by atoms with E-state index >= 15 is 0 Å². The minimum Gasteiger partial charge on any atom is -0.329 e. The lowest BCUT2D eigenvalue weighted by Crippen LogP contribution is -2.07. The molecule has 0 amide bonds. The third-order valence-electron chi connectivity index (χ3n) is 3.25. The second kappa shape index (κ2) is 4.84. The van der Waals surface area contributed by atoms with Gasteiger partial charge in [0, 0.05) is 23.7 Å². The fraction of sp³-hybridized carbons (Fsp3) is 0.250. The molecule has 19 heavy (non-hydrogen) atoms. The highest BCUT2D eigenvalue weighted by atomic mass is 15.1. The van der Waals surface area contributed by atoms with Crippen molar-refractivity contribution in [3.8, 4) is 0 Å². The highest BCUT2D eigenvalue weighted by Gasteiger charge is 2.08. The van der Waals surface area contributed by atoms with Gasteiger partial charge >= 0.3 is 0 Å². The van der Waals surface area contributed by atoms with E-state index < -0.39 is 0 Å². The number of aromatic nitrogens is 3. The predicted molar refractivity (Wildman–Crippen MR) is 77.2 cm³/mol. The Kier molecular flexibility index (Phi) is 3.03. The number of benzene rings is 1. The van der Waals surface area contributed by atoms with Gasteiger partial charge in [-0.15, -0.1) is 0 Å². The van der Waals surface area contributed by atoms with Crippen molar-refractivity contribution < 1.29 is 0 Å². The van der Waals surface area contributed by atoms with Gasteiger partial charge in [0.1, 0.15) is 5.82 Å². The lowest BCUT2D eigenvalue weighted by atomic mass is 10.2. The van der Waals surface area contributed by atoms with Crippen molar-refractivity contribution >= 4 is 10.9 Å². The summed E-state index contributed by atoms with van der Waals surface area (Å²) in [6, 6.07) is 12.4. The molecule has 3 rings (SSSR count). The summed E-state index contributed by atoms with van der Waals surface area (Å²) in [7, 11) is 0. The first kappa shape index (κ1) is 11.9. The van der Waals surface area contributed by atoms with E-state index in [2.05, 4.69) is 47.7 Å². The van der Waals surface area contributed by atoms with Crippen molar-refractivity contribution in [3.05, 3.63) is 60.3 Å². The zero-order chi connectivity index (χ0) is 13.2. The normalized spacial score (nSPS) is 11.3. The molecule has 0 unspecified atom stereocenters. The summed E-state index contributed by atoms with van der Waals surface area (Å²) in [5.74, 6) is 1.53. The highest BCUT2D eigenvalue weighted by molar-refractivity contribution is 5.78. The third kappa shape index (κ3) is 2.36. The van der Waals surface area contributed by atoms with Crippen LogP contribution in [0.4, 0.5) is 0 Å². The number of hydrogen-bond donors (Lipinski definition) is 0. The first-order valence-electron chi connectivity index (χ1n) is 6.60. The highest BCUT2D eigenvalue weighted by Crippen LogP contribution is 2.15. The van der Waals surface area contributed by atoms with E-state index in [1.165, 1.54) is 5.39 Å². The minimum absolute atomic E-state index is 0.426. The summed E-state index contributed by atoms with van der Waals surface area (Å²) < 4.78 is 2.17. The van der Waals surface area contributed by atoms with E-state index in [0.717, 1.165) is 23.6 Å². The Bertz CT molecular complexity index is 698. The maximum Gasteiger partial charge on any atom is 0.111 e. The number of nitrogens with zero attached hydrogens (tertiary/aromatic N) is 3. The van der Waals surface area contributed by atoms with Crippen LogP contribution in [-0.4, -0.2) is 14.5 Å². The lowest BCUT2D eigenvalue weighted by Gasteiger charge is -2.10. The maximum absolute atomic E-state index is 4.70. The molecule has 3 heteroatoms. The minimum atomic E-state index is 0.426. The third-order valence-corrected chi connectivity index (χ3v) is 3.25. The summed E-state index contributed by atoms with van der Waals surface area (Å²) >= 11 is 0. The van der Waals surface area contributed by atoms with Crippen LogP contribution in [0.3, 0.4) is 0 Å². The number of fused-ring (bicyclic) bond motifs is 1. The van der Waals surface area contributed by atoms with Crippen LogP contribution in [0.15, 0.2) is 48.8 Å². The van der Waals surface area contributed by atoms with Crippen molar-refractivity contribution in [1.29, 1.82) is 0 Å². The molecule has 96 valence electrons. The number of para-hydroxylation sites is 1. The molecule has 3 nitrogen and oxygen atoms in total. The predicted octanol–water partition coefficient (Wildman–Crippen LogP) is 3.60. The fourth-order valence-electron chi connectivity index (χ4n) is 2.33. The van der Waals surface area contributed by atoms with Gasteiger partial charge in [-0.25, -0.2) is 4.98 Å². The molecule has 0 aliphatic heterocycles. The topological polar surface area (TPSA) is 30.7 Å². The zero-order valence-electron chi connectivity index (χ0n) is 11.2. The largest absolute Gasteiger partial charge is 0.329 e. The van der Waals surface area contributed by atoms with Gasteiger partial charge in [0.05, 0.1) is 17.8 Å². The Balaban J connectivity index is 1.94. The first-order chi connectivity index (χ1) is 9.24. The molecule has 2 heterocycles. The Morgan fingerprint density at radius 3 is 2.79 bits per heavy atom. The van der Waals surface area contributed by atoms with E-state index in [1.807, 2.05) is 24.5 Å². The van der Waals surface area contributed by atoms with Gasteiger partial charge in [0.15, 0.2) is 0 Å². The molecular formula is C16H17N3. The van der Waals surface area contributed by atoms with Crippen LogP contribution in [0, 0.1) is 0 Å². The molecule has 0 bridgehead atoms. The Labute approximate surface area is 112 Å². The molecule has 0 atom stereocenters. The van der Waals surface area contributed by atoms with Crippen LogP contribution >= 0.6 is 0 Å². The van der Waals surface area contributed by atoms with Gasteiger partial charge < -0.3 is 4.57 Å². The summed E-state index contributed by atoms with van der Waals surface area (Å²) in [5.41, 5.74) is 2.12. The molecule has 0 spiro atoms. The monoisotopic (exact) mass is 251 g/mol. The smallest absolute Gasteiger partial charge is 0.111 e. The molecule has 3 aromatic rings. The maximum atomic E-state index is 4.70. The second-order valence-electron chi connectivity index (χ2n) is 5.06. The number of imidazole rings is 1. The van der Waals surface area contributed by atoms with Gasteiger partial charge in [0.2, 0.25) is 0 Å². The molecule has 0 saturated carbocycles. The van der Waals surface area contributed by atoms with Crippen LogP contribution in [0.1, 0.15) is 31.3 Å². The van der Waals surface area contributed by atoms with Gasteiger partial charge in [-0.05, 0) is 12.1 Å². The van der Waals surface area contributed by atoms with Crippen molar-refractivity contribution in [3.63, 3.8) is 0 Å². The van der Waals surface area contributed by atoms with Gasteiger partial charge in [-0.1, -0.05) is 38.1 Å². The SMILES string of the molecule is CC(C)c1nccn1Cc1ccc2ccccc2n1. The zero-order valence-corrected chi connectivity index (χ0v) is 11.2. The molecule has 0 N–H and O–H groups in total. The van der Waals surface area contributed by atoms with Crippen molar-refractivity contribution in [2.24, 2.45) is 0 Å². The van der Waals surface area contributed by atoms with Gasteiger partial charge in [-0.3, -0.25) is 4.98 Å². The van der Waals surface area contributed by atoms with Crippen LogP contribution < -0.4 is 0 Å². The quantitative estimate of drug-likeness (QED) is 0.712. The lowest BCUT2D eigenvalue weighted by molar-refractivity contribution is 0.662. The Hall–Kier alpha value is -2.16.